The van der Waals surface area contributed by atoms with E-state index in [9.17, 15) is 9.59 Å². The number of fused-ring (bicyclic) bond motifs is 2. The van der Waals surface area contributed by atoms with E-state index in [1.54, 1.807) is 34.4 Å². The van der Waals surface area contributed by atoms with Gasteiger partial charge in [-0.2, -0.15) is 0 Å². The van der Waals surface area contributed by atoms with Crippen molar-refractivity contribution in [1.82, 2.24) is 9.80 Å². The Bertz CT molecular complexity index is 1400. The van der Waals surface area contributed by atoms with Gasteiger partial charge in [0, 0.05) is 30.1 Å². The smallest absolute Gasteiger partial charge is 0.254 e. The second kappa shape index (κ2) is 11.5. The van der Waals surface area contributed by atoms with Crippen LogP contribution < -0.4 is 14.2 Å². The number of carbonyl (C=O) groups is 2. The summed E-state index contributed by atoms with van der Waals surface area (Å²) in [4.78, 5) is 32.5. The van der Waals surface area contributed by atoms with Gasteiger partial charge in [0.15, 0.2) is 11.5 Å². The van der Waals surface area contributed by atoms with Gasteiger partial charge in [-0.25, -0.2) is 0 Å². The van der Waals surface area contributed by atoms with E-state index in [1.807, 2.05) is 24.0 Å². The Balaban J connectivity index is 1.22. The lowest BCUT2D eigenvalue weighted by atomic mass is 10.00. The highest BCUT2D eigenvalue weighted by atomic mass is 32.1. The van der Waals surface area contributed by atoms with Crippen LogP contribution in [-0.4, -0.2) is 67.4 Å². The number of aryl methyl sites for hydroxylation is 2. The molecule has 40 heavy (non-hydrogen) atoms. The number of hydrogen-bond acceptors (Lipinski definition) is 7. The van der Waals surface area contributed by atoms with Gasteiger partial charge in [0.25, 0.3) is 5.91 Å². The van der Waals surface area contributed by atoms with Crippen LogP contribution in [0.15, 0.2) is 47.8 Å². The van der Waals surface area contributed by atoms with Crippen LogP contribution in [0.1, 0.15) is 50.8 Å². The molecule has 6 rings (SSSR count). The number of thiophene rings is 1. The maximum absolute atomic E-state index is 14.0. The maximum Gasteiger partial charge on any atom is 0.254 e. The van der Waals surface area contributed by atoms with E-state index in [-0.39, 0.29) is 37.3 Å². The summed E-state index contributed by atoms with van der Waals surface area (Å²) < 4.78 is 23.0. The van der Waals surface area contributed by atoms with Gasteiger partial charge in [0.2, 0.25) is 12.7 Å². The van der Waals surface area contributed by atoms with Crippen molar-refractivity contribution < 1.29 is 28.5 Å². The van der Waals surface area contributed by atoms with E-state index >= 15 is 0 Å². The van der Waals surface area contributed by atoms with Gasteiger partial charge in [-0.15, -0.1) is 11.3 Å². The summed E-state index contributed by atoms with van der Waals surface area (Å²) in [6, 6.07) is 13.1. The molecule has 9 heteroatoms. The Morgan fingerprint density at radius 2 is 1.98 bits per heavy atom. The third kappa shape index (κ3) is 5.53. The molecular weight excluding hydrogens is 528 g/mol. The summed E-state index contributed by atoms with van der Waals surface area (Å²) in [6.07, 6.45) is 2.53. The molecule has 0 spiro atoms. The molecule has 3 aromatic rings. The fraction of sp³-hybridized carbons (Fsp3) is 0.419. The predicted molar refractivity (Wildman–Crippen MR) is 151 cm³/mol. The first kappa shape index (κ1) is 26.7. The first-order valence-electron chi connectivity index (χ1n) is 13.8. The van der Waals surface area contributed by atoms with Gasteiger partial charge in [0.05, 0.1) is 12.1 Å². The minimum Gasteiger partial charge on any atom is -0.491 e. The molecule has 1 aromatic heterocycles. The minimum absolute atomic E-state index is 0.0351. The lowest BCUT2D eigenvalue weighted by Crippen LogP contribution is -2.49. The van der Waals surface area contributed by atoms with Gasteiger partial charge in [-0.1, -0.05) is 17.7 Å². The number of hydrogen-bond donors (Lipinski definition) is 0. The number of carbonyl (C=O) groups excluding carboxylic acids is 2. The fourth-order valence-electron chi connectivity index (χ4n) is 5.72. The number of rotatable bonds is 8. The van der Waals surface area contributed by atoms with Crippen molar-refractivity contribution in [3.8, 4) is 17.2 Å². The van der Waals surface area contributed by atoms with E-state index in [4.69, 9.17) is 18.9 Å². The van der Waals surface area contributed by atoms with Crippen LogP contribution >= 0.6 is 11.3 Å². The van der Waals surface area contributed by atoms with Crippen molar-refractivity contribution in [1.29, 1.82) is 0 Å². The Morgan fingerprint density at radius 3 is 2.80 bits per heavy atom. The van der Waals surface area contributed by atoms with Crippen LogP contribution in [-0.2, 0) is 16.0 Å². The minimum atomic E-state index is -0.228. The molecule has 2 amide bonds. The van der Waals surface area contributed by atoms with Crippen LogP contribution in [0.4, 0.5) is 0 Å². The van der Waals surface area contributed by atoms with Gasteiger partial charge in [-0.05, 0) is 79.9 Å². The molecule has 0 saturated carbocycles. The zero-order valence-electron chi connectivity index (χ0n) is 22.9. The molecule has 4 heterocycles. The van der Waals surface area contributed by atoms with Crippen molar-refractivity contribution >= 4 is 23.2 Å². The van der Waals surface area contributed by atoms with E-state index < -0.39 is 0 Å². The summed E-state index contributed by atoms with van der Waals surface area (Å²) in [6.45, 7) is 6.16. The van der Waals surface area contributed by atoms with Crippen molar-refractivity contribution in [3.05, 3.63) is 75.0 Å². The molecule has 8 nitrogen and oxygen atoms in total. The van der Waals surface area contributed by atoms with Crippen LogP contribution in [0.5, 0.6) is 17.2 Å². The molecule has 3 aliphatic heterocycles. The molecule has 3 aliphatic rings. The van der Waals surface area contributed by atoms with Crippen LogP contribution in [0.3, 0.4) is 0 Å². The zero-order valence-corrected chi connectivity index (χ0v) is 23.7. The maximum atomic E-state index is 14.0. The lowest BCUT2D eigenvalue weighted by Gasteiger charge is -2.37. The summed E-state index contributed by atoms with van der Waals surface area (Å²) >= 11 is 1.72. The lowest BCUT2D eigenvalue weighted by molar-refractivity contribution is -0.135. The molecular formula is C31H34N2O6S. The van der Waals surface area contributed by atoms with Crippen molar-refractivity contribution in [3.63, 3.8) is 0 Å². The Kier molecular flexibility index (Phi) is 7.67. The summed E-state index contributed by atoms with van der Waals surface area (Å²) in [5, 5.41) is 2.08. The van der Waals surface area contributed by atoms with E-state index in [0.29, 0.717) is 43.4 Å². The average Bonchev–Trinajstić information content (AvgIpc) is 3.73. The highest BCUT2D eigenvalue weighted by Crippen LogP contribution is 2.35. The SMILES string of the molecule is Cc1ccc(OC[C@H]2c3ccsc3CCN2C(=O)CN(C[C@@H]2CCCO2)C(=O)c2ccc3c(c2)OCO3)c(C)c1. The monoisotopic (exact) mass is 562 g/mol. The molecule has 1 fully saturated rings. The predicted octanol–water partition coefficient (Wildman–Crippen LogP) is 4.92. The highest BCUT2D eigenvalue weighted by Gasteiger charge is 2.35. The number of nitrogens with zero attached hydrogens (tertiary/aromatic N) is 2. The van der Waals surface area contributed by atoms with Gasteiger partial charge in [0.1, 0.15) is 18.9 Å². The third-order valence-electron chi connectivity index (χ3n) is 7.82. The number of ether oxygens (including phenoxy) is 4. The quantitative estimate of drug-likeness (QED) is 0.388. The van der Waals surface area contributed by atoms with E-state index in [1.165, 1.54) is 10.4 Å². The van der Waals surface area contributed by atoms with Crippen LogP contribution in [0.25, 0.3) is 0 Å². The Labute approximate surface area is 238 Å². The van der Waals surface area contributed by atoms with E-state index in [2.05, 4.69) is 24.4 Å². The van der Waals surface area contributed by atoms with Crippen LogP contribution in [0.2, 0.25) is 0 Å². The summed E-state index contributed by atoms with van der Waals surface area (Å²) in [7, 11) is 0. The first-order chi connectivity index (χ1) is 19.5. The third-order valence-corrected chi connectivity index (χ3v) is 8.82. The second-order valence-electron chi connectivity index (χ2n) is 10.6. The van der Waals surface area contributed by atoms with Crippen molar-refractivity contribution in [2.24, 2.45) is 0 Å². The Hall–Kier alpha value is -3.56. The molecule has 0 bridgehead atoms. The molecule has 1 saturated heterocycles. The fourth-order valence-corrected chi connectivity index (χ4v) is 6.65. The first-order valence-corrected chi connectivity index (χ1v) is 14.7. The molecule has 0 aliphatic carbocycles. The van der Waals surface area contributed by atoms with Crippen LogP contribution in [0, 0.1) is 13.8 Å². The standard InChI is InChI=1S/C31H34N2O6S/c1-20-5-7-26(21(2)14-20)37-18-25-24-10-13-40-29(24)9-11-33(25)30(34)17-32(16-23-4-3-12-36-23)31(35)22-6-8-27-28(15-22)39-19-38-27/h5-8,10,13-15,23,25H,3-4,9,11-12,16-19H2,1-2H3/t23-,25-/m0/s1. The molecule has 0 N–H and O–H groups in total. The Morgan fingerprint density at radius 1 is 1.10 bits per heavy atom. The van der Waals surface area contributed by atoms with Gasteiger partial charge < -0.3 is 28.7 Å². The highest BCUT2D eigenvalue weighted by molar-refractivity contribution is 7.10. The van der Waals surface area contributed by atoms with Gasteiger partial charge >= 0.3 is 0 Å². The van der Waals surface area contributed by atoms with Gasteiger partial charge in [-0.3, -0.25) is 9.59 Å². The topological polar surface area (TPSA) is 77.5 Å². The molecule has 2 atom stereocenters. The normalized spacial score (nSPS) is 19.4. The molecule has 0 unspecified atom stereocenters. The molecule has 2 aromatic carbocycles. The van der Waals surface area contributed by atoms with Crippen molar-refractivity contribution in [2.45, 2.75) is 45.3 Å². The summed E-state index contributed by atoms with van der Waals surface area (Å²) in [5.74, 6) is 1.65. The number of benzene rings is 2. The zero-order chi connectivity index (χ0) is 27.6. The second-order valence-corrected chi connectivity index (χ2v) is 11.6. The van der Waals surface area contributed by atoms with Crippen molar-refractivity contribution in [2.75, 3.05) is 39.6 Å². The average molecular weight is 563 g/mol. The number of amides is 2. The largest absolute Gasteiger partial charge is 0.491 e. The molecule has 0 radical (unpaired) electrons. The summed E-state index contributed by atoms with van der Waals surface area (Å²) in [5.41, 5.74) is 3.83. The molecule has 210 valence electrons. The van der Waals surface area contributed by atoms with E-state index in [0.717, 1.165) is 36.1 Å².